The Hall–Kier alpha value is -2.04. The molecule has 0 bridgehead atoms. The van der Waals surface area contributed by atoms with Crippen LogP contribution in [0.5, 0.6) is 0 Å². The van der Waals surface area contributed by atoms with Gasteiger partial charge in [-0.1, -0.05) is 29.8 Å². The van der Waals surface area contributed by atoms with Crippen LogP contribution < -0.4 is 0 Å². The molecular formula is C19H27NO4. The Balaban J connectivity index is 2.09. The van der Waals surface area contributed by atoms with Crippen molar-refractivity contribution < 1.29 is 19.1 Å². The van der Waals surface area contributed by atoms with Crippen molar-refractivity contribution in [2.45, 2.75) is 52.2 Å². The van der Waals surface area contributed by atoms with Gasteiger partial charge in [0.2, 0.25) is 0 Å². The van der Waals surface area contributed by atoms with Crippen LogP contribution in [0.1, 0.15) is 38.3 Å². The number of carbonyl (C=O) groups is 2. The highest BCUT2D eigenvalue weighted by atomic mass is 16.6. The smallest absolute Gasteiger partial charge is 0.411 e. The Bertz CT molecular complexity index is 588. The predicted octanol–water partition coefficient (Wildman–Crippen LogP) is 3.34. The van der Waals surface area contributed by atoms with Crippen LogP contribution in [0.3, 0.4) is 0 Å². The number of esters is 1. The Kier molecular flexibility index (Phi) is 5.52. The zero-order valence-corrected chi connectivity index (χ0v) is 15.2. The highest BCUT2D eigenvalue weighted by molar-refractivity contribution is 5.82. The van der Waals surface area contributed by atoms with E-state index in [1.165, 1.54) is 23.1 Å². The normalized spacial score (nSPS) is 20.8. The van der Waals surface area contributed by atoms with Crippen LogP contribution in [0.15, 0.2) is 24.3 Å². The summed E-state index contributed by atoms with van der Waals surface area (Å²) in [6.45, 7) is 8.01. The molecular weight excluding hydrogens is 306 g/mol. The van der Waals surface area contributed by atoms with Crippen LogP contribution in [-0.2, 0) is 20.7 Å². The van der Waals surface area contributed by atoms with Crippen LogP contribution >= 0.6 is 0 Å². The van der Waals surface area contributed by atoms with Gasteiger partial charge in [0, 0.05) is 6.54 Å². The van der Waals surface area contributed by atoms with Crippen LogP contribution in [0.2, 0.25) is 0 Å². The Morgan fingerprint density at radius 2 is 1.83 bits per heavy atom. The largest absolute Gasteiger partial charge is 0.467 e. The van der Waals surface area contributed by atoms with Gasteiger partial charge >= 0.3 is 12.1 Å². The second kappa shape index (κ2) is 7.24. The first-order valence-electron chi connectivity index (χ1n) is 8.32. The molecule has 2 atom stereocenters. The molecule has 1 heterocycles. The van der Waals surface area contributed by atoms with Crippen molar-refractivity contribution >= 4 is 12.1 Å². The van der Waals surface area contributed by atoms with Gasteiger partial charge in [-0.3, -0.25) is 4.90 Å². The minimum absolute atomic E-state index is 0.212. The zero-order chi connectivity index (χ0) is 17.9. The molecule has 1 aliphatic heterocycles. The van der Waals surface area contributed by atoms with Gasteiger partial charge in [0.25, 0.3) is 0 Å². The standard InChI is InChI=1S/C19H27NO4/c1-13-6-8-14(9-7-13)10-15-11-16(17(21)23-5)20(12-15)18(22)24-19(2,3)4/h6-9,15-16H,10-12H2,1-5H3/t15?,16-/m0/s1. The third-order valence-corrected chi connectivity index (χ3v) is 4.13. The number of hydrogen-bond acceptors (Lipinski definition) is 4. The summed E-state index contributed by atoms with van der Waals surface area (Å²) in [5.41, 5.74) is 1.83. The summed E-state index contributed by atoms with van der Waals surface area (Å²) in [7, 11) is 1.35. The van der Waals surface area contributed by atoms with E-state index in [1.54, 1.807) is 0 Å². The highest BCUT2D eigenvalue weighted by Crippen LogP contribution is 2.29. The molecule has 2 rings (SSSR count). The molecule has 1 aliphatic rings. The fraction of sp³-hybridized carbons (Fsp3) is 0.579. The summed E-state index contributed by atoms with van der Waals surface area (Å²) in [6.07, 6.45) is 0.969. The molecule has 5 heteroatoms. The van der Waals surface area contributed by atoms with Crippen LogP contribution in [0, 0.1) is 12.8 Å². The molecule has 0 N–H and O–H groups in total. The third-order valence-electron chi connectivity index (χ3n) is 4.13. The molecule has 1 fully saturated rings. The Labute approximate surface area is 143 Å². The molecule has 1 amide bonds. The van der Waals surface area contributed by atoms with E-state index in [0.29, 0.717) is 13.0 Å². The van der Waals surface area contributed by atoms with E-state index in [9.17, 15) is 9.59 Å². The van der Waals surface area contributed by atoms with E-state index in [0.717, 1.165) is 6.42 Å². The molecule has 132 valence electrons. The van der Waals surface area contributed by atoms with Gasteiger partial charge in [-0.05, 0) is 52.0 Å². The molecule has 24 heavy (non-hydrogen) atoms. The van der Waals surface area contributed by atoms with Gasteiger partial charge in [0.1, 0.15) is 11.6 Å². The van der Waals surface area contributed by atoms with Crippen molar-refractivity contribution in [3.63, 3.8) is 0 Å². The lowest BCUT2D eigenvalue weighted by atomic mass is 9.96. The minimum atomic E-state index is -0.590. The van der Waals surface area contributed by atoms with Crippen LogP contribution in [-0.4, -0.2) is 42.3 Å². The molecule has 5 nitrogen and oxygen atoms in total. The van der Waals surface area contributed by atoms with Gasteiger partial charge in [-0.25, -0.2) is 9.59 Å². The third kappa shape index (κ3) is 4.73. The van der Waals surface area contributed by atoms with Crippen LogP contribution in [0.4, 0.5) is 4.79 Å². The molecule has 1 aromatic carbocycles. The van der Waals surface area contributed by atoms with Crippen molar-refractivity contribution in [3.05, 3.63) is 35.4 Å². The molecule has 0 aromatic heterocycles. The van der Waals surface area contributed by atoms with Crippen molar-refractivity contribution in [1.82, 2.24) is 4.90 Å². The summed E-state index contributed by atoms with van der Waals surface area (Å²) in [5.74, 6) is -0.170. The van der Waals surface area contributed by atoms with Gasteiger partial charge in [-0.2, -0.15) is 0 Å². The number of likely N-dealkylation sites (tertiary alicyclic amines) is 1. The number of benzene rings is 1. The molecule has 1 aromatic rings. The van der Waals surface area contributed by atoms with Crippen molar-refractivity contribution in [1.29, 1.82) is 0 Å². The number of hydrogen-bond donors (Lipinski definition) is 0. The number of rotatable bonds is 3. The highest BCUT2D eigenvalue weighted by Gasteiger charge is 2.42. The van der Waals surface area contributed by atoms with E-state index in [1.807, 2.05) is 20.8 Å². The Morgan fingerprint density at radius 1 is 1.21 bits per heavy atom. The predicted molar refractivity (Wildman–Crippen MR) is 91.7 cm³/mol. The first kappa shape index (κ1) is 18.3. The van der Waals surface area contributed by atoms with Gasteiger partial charge in [0.05, 0.1) is 7.11 Å². The molecule has 0 saturated carbocycles. The SMILES string of the molecule is COC(=O)[C@@H]1CC(Cc2ccc(C)cc2)CN1C(=O)OC(C)(C)C. The van der Waals surface area contributed by atoms with E-state index >= 15 is 0 Å². The fourth-order valence-corrected chi connectivity index (χ4v) is 3.01. The van der Waals surface area contributed by atoms with Crippen molar-refractivity contribution in [2.75, 3.05) is 13.7 Å². The quantitative estimate of drug-likeness (QED) is 0.796. The number of ether oxygens (including phenoxy) is 2. The second-order valence-corrected chi connectivity index (χ2v) is 7.46. The summed E-state index contributed by atoms with van der Waals surface area (Å²) >= 11 is 0. The number of methoxy groups -OCH3 is 1. The number of aryl methyl sites for hydroxylation is 1. The second-order valence-electron chi connectivity index (χ2n) is 7.46. The van der Waals surface area contributed by atoms with Crippen molar-refractivity contribution in [2.24, 2.45) is 5.92 Å². The summed E-state index contributed by atoms with van der Waals surface area (Å²) in [6, 6.07) is 7.78. The lowest BCUT2D eigenvalue weighted by Crippen LogP contribution is -2.43. The maximum Gasteiger partial charge on any atom is 0.411 e. The summed E-state index contributed by atoms with van der Waals surface area (Å²) in [5, 5.41) is 0. The fourth-order valence-electron chi connectivity index (χ4n) is 3.01. The number of nitrogens with zero attached hydrogens (tertiary/aromatic N) is 1. The number of carbonyl (C=O) groups excluding carboxylic acids is 2. The van der Waals surface area contributed by atoms with E-state index in [-0.39, 0.29) is 11.9 Å². The average Bonchev–Trinajstić information content (AvgIpc) is 2.91. The van der Waals surface area contributed by atoms with E-state index in [2.05, 4.69) is 31.2 Å². The monoisotopic (exact) mass is 333 g/mol. The van der Waals surface area contributed by atoms with Crippen molar-refractivity contribution in [3.8, 4) is 0 Å². The maximum atomic E-state index is 12.4. The summed E-state index contributed by atoms with van der Waals surface area (Å²) in [4.78, 5) is 26.0. The molecule has 0 aliphatic carbocycles. The molecule has 0 radical (unpaired) electrons. The van der Waals surface area contributed by atoms with Gasteiger partial charge in [0.15, 0.2) is 0 Å². The zero-order valence-electron chi connectivity index (χ0n) is 15.2. The van der Waals surface area contributed by atoms with Gasteiger partial charge in [-0.15, -0.1) is 0 Å². The first-order valence-corrected chi connectivity index (χ1v) is 8.32. The first-order chi connectivity index (χ1) is 11.2. The topological polar surface area (TPSA) is 55.8 Å². The van der Waals surface area contributed by atoms with E-state index in [4.69, 9.17) is 9.47 Å². The Morgan fingerprint density at radius 3 is 2.38 bits per heavy atom. The van der Waals surface area contributed by atoms with Crippen LogP contribution in [0.25, 0.3) is 0 Å². The molecule has 1 unspecified atom stereocenters. The van der Waals surface area contributed by atoms with Gasteiger partial charge < -0.3 is 9.47 Å². The maximum absolute atomic E-state index is 12.4. The lowest BCUT2D eigenvalue weighted by Gasteiger charge is -2.27. The lowest BCUT2D eigenvalue weighted by molar-refractivity contribution is -0.145. The molecule has 0 spiro atoms. The summed E-state index contributed by atoms with van der Waals surface area (Å²) < 4.78 is 10.3. The average molecular weight is 333 g/mol. The molecule has 1 saturated heterocycles. The van der Waals surface area contributed by atoms with E-state index < -0.39 is 17.7 Å². The number of amides is 1. The minimum Gasteiger partial charge on any atom is -0.467 e.